The molecule has 0 amide bonds. The average molecular weight is 69.2 g/mol. The molecule has 0 atom stereocenters. The monoisotopic (exact) mass is 69.0 g/mol. The summed E-state index contributed by atoms with van der Waals surface area (Å²) in [6.45, 7) is 3.43. The smallest absolute Gasteiger partial charge is 0.0275 e. The average Bonchev–Trinajstić information content (AvgIpc) is 1.37. The molecule has 0 unspecified atom stereocenters. The van der Waals surface area contributed by atoms with Crippen LogP contribution >= 0.6 is 0 Å². The van der Waals surface area contributed by atoms with Gasteiger partial charge in [0.15, 0.2) is 0 Å². The molecule has 0 aliphatic rings. The minimum absolute atomic E-state index is 0.889. The van der Waals surface area contributed by atoms with Gasteiger partial charge < -0.3 is 0 Å². The van der Waals surface area contributed by atoms with Crippen molar-refractivity contribution in [2.75, 3.05) is 0 Å². The Bertz CT molecular complexity index is 17.2. The summed E-state index contributed by atoms with van der Waals surface area (Å²) in [6.07, 6.45) is 1.79. The molecule has 0 aromatic heterocycles. The number of rotatable bonds is 1. The highest BCUT2D eigenvalue weighted by atomic mass is 28.1. The third kappa shape index (κ3) is 1.96. The topological polar surface area (TPSA) is 0 Å². The van der Waals surface area contributed by atoms with Crippen molar-refractivity contribution < 1.29 is 0 Å². The van der Waals surface area contributed by atoms with Crippen molar-refractivity contribution in [3.63, 3.8) is 0 Å². The fourth-order valence-corrected chi connectivity index (χ4v) is 0. The van der Waals surface area contributed by atoms with Crippen molar-refractivity contribution in [2.24, 2.45) is 0 Å². The summed E-state index contributed by atoms with van der Waals surface area (Å²) in [4.78, 5) is 0. The molecule has 0 aromatic rings. The summed E-state index contributed by atoms with van der Waals surface area (Å²) in [6, 6.07) is 0.889. The lowest BCUT2D eigenvalue weighted by atomic mass is 10.8. The fraction of sp³-hybridized carbons (Fsp3) is 0.333. The van der Waals surface area contributed by atoms with Crippen LogP contribution in [0.1, 0.15) is 0 Å². The first-order valence-electron chi connectivity index (χ1n) is 1.17. The van der Waals surface area contributed by atoms with E-state index in [2.05, 4.69) is 16.8 Å². The van der Waals surface area contributed by atoms with E-state index in [-0.39, 0.29) is 0 Å². The second-order valence-corrected chi connectivity index (χ2v) is 0.901. The van der Waals surface area contributed by atoms with E-state index in [0.717, 1.165) is 6.04 Å². The Hall–Kier alpha value is -0.0431. The van der Waals surface area contributed by atoms with Crippen LogP contribution in [0, 0.1) is 0 Å². The van der Waals surface area contributed by atoms with Gasteiger partial charge in [-0.2, -0.15) is 0 Å². The maximum Gasteiger partial charge on any atom is 0.0275 e. The predicted octanol–water partition coefficient (Wildman–Crippen LogP) is 0.759. The summed E-state index contributed by atoms with van der Waals surface area (Å²) in [7, 11) is 3.17. The van der Waals surface area contributed by atoms with Crippen LogP contribution in [0.25, 0.3) is 0 Å². The third-order valence-corrected chi connectivity index (χ3v) is 0.433. The molecule has 0 rings (SSSR count). The van der Waals surface area contributed by atoms with Crippen molar-refractivity contribution in [2.45, 2.75) is 6.04 Å². The molecule has 0 aliphatic heterocycles. The highest BCUT2D eigenvalue weighted by Gasteiger charge is 1.46. The number of allylic oxidation sites excluding steroid dienone is 1. The fourth-order valence-electron chi connectivity index (χ4n) is 0. The number of hydrogen-bond donors (Lipinski definition) is 0. The lowest BCUT2D eigenvalue weighted by Gasteiger charge is -1.56. The highest BCUT2D eigenvalue weighted by molar-refractivity contribution is 6.09. The van der Waals surface area contributed by atoms with E-state index < -0.39 is 0 Å². The molecule has 3 radical (unpaired) electrons. The van der Waals surface area contributed by atoms with Gasteiger partial charge in [0.1, 0.15) is 0 Å². The third-order valence-electron chi connectivity index (χ3n) is 0.144. The first-order chi connectivity index (χ1) is 1.91. The Morgan fingerprint density at radius 2 is 2.25 bits per heavy atom. The summed E-state index contributed by atoms with van der Waals surface area (Å²) < 4.78 is 0. The molecule has 0 fully saturated rings. The van der Waals surface area contributed by atoms with Crippen LogP contribution in [-0.2, 0) is 0 Å². The quantitative estimate of drug-likeness (QED) is 0.315. The Morgan fingerprint density at radius 1 is 2.00 bits per heavy atom. The molecular weight excluding hydrogens is 64.1 g/mol. The highest BCUT2D eigenvalue weighted by Crippen LogP contribution is 1.61. The molecule has 0 spiro atoms. The van der Waals surface area contributed by atoms with Gasteiger partial charge >= 0.3 is 0 Å². The SMILES string of the molecule is C=CC[Si]. The largest absolute Gasteiger partial charge is 0.103 e. The molecule has 0 bridgehead atoms. The number of hydrogen-bond acceptors (Lipinski definition) is 0. The van der Waals surface area contributed by atoms with E-state index in [4.69, 9.17) is 0 Å². The van der Waals surface area contributed by atoms with Crippen LogP contribution in [0.5, 0.6) is 0 Å². The van der Waals surface area contributed by atoms with E-state index in [1.807, 2.05) is 0 Å². The minimum Gasteiger partial charge on any atom is -0.103 e. The van der Waals surface area contributed by atoms with Crippen LogP contribution in [-0.4, -0.2) is 10.2 Å². The normalized spacial score (nSPS) is 6.25. The Morgan fingerprint density at radius 3 is 2.25 bits per heavy atom. The van der Waals surface area contributed by atoms with Gasteiger partial charge in [-0.15, -0.1) is 6.58 Å². The van der Waals surface area contributed by atoms with Gasteiger partial charge in [-0.05, 0) is 6.04 Å². The van der Waals surface area contributed by atoms with Crippen LogP contribution in [0.2, 0.25) is 6.04 Å². The molecular formula is C3H5Si. The zero-order valence-electron chi connectivity index (χ0n) is 2.49. The lowest BCUT2D eigenvalue weighted by Crippen LogP contribution is -1.47. The van der Waals surface area contributed by atoms with E-state index in [9.17, 15) is 0 Å². The van der Waals surface area contributed by atoms with Gasteiger partial charge in [0.2, 0.25) is 0 Å². The maximum absolute atomic E-state index is 3.43. The standard InChI is InChI=1S/C3H5Si/c1-2-3-4/h2H,1,3H2. The zero-order valence-corrected chi connectivity index (χ0v) is 3.49. The van der Waals surface area contributed by atoms with Gasteiger partial charge in [0, 0.05) is 10.2 Å². The summed E-state index contributed by atoms with van der Waals surface area (Å²) >= 11 is 0. The van der Waals surface area contributed by atoms with Crippen molar-refractivity contribution in [1.82, 2.24) is 0 Å². The zero-order chi connectivity index (χ0) is 3.41. The second kappa shape index (κ2) is 2.96. The predicted molar refractivity (Wildman–Crippen MR) is 20.8 cm³/mol. The molecule has 0 aliphatic carbocycles. The van der Waals surface area contributed by atoms with Crippen LogP contribution < -0.4 is 0 Å². The van der Waals surface area contributed by atoms with Crippen molar-refractivity contribution >= 4 is 10.2 Å². The van der Waals surface area contributed by atoms with E-state index in [1.54, 1.807) is 6.08 Å². The van der Waals surface area contributed by atoms with E-state index in [1.165, 1.54) is 0 Å². The molecule has 0 N–H and O–H groups in total. The summed E-state index contributed by atoms with van der Waals surface area (Å²) in [5.41, 5.74) is 0. The second-order valence-electron chi connectivity index (χ2n) is 0.493. The van der Waals surface area contributed by atoms with Gasteiger partial charge in [-0.3, -0.25) is 0 Å². The molecule has 0 saturated carbocycles. The first kappa shape index (κ1) is 3.96. The molecule has 0 heterocycles. The van der Waals surface area contributed by atoms with E-state index in [0.29, 0.717) is 0 Å². The summed E-state index contributed by atoms with van der Waals surface area (Å²) in [5.74, 6) is 0. The van der Waals surface area contributed by atoms with Gasteiger partial charge in [0.25, 0.3) is 0 Å². The first-order valence-corrected chi connectivity index (χ1v) is 1.88. The molecule has 21 valence electrons. The van der Waals surface area contributed by atoms with Gasteiger partial charge in [-0.25, -0.2) is 0 Å². The van der Waals surface area contributed by atoms with Gasteiger partial charge in [-0.1, -0.05) is 6.08 Å². The molecule has 0 nitrogen and oxygen atoms in total. The van der Waals surface area contributed by atoms with Crippen LogP contribution in [0.15, 0.2) is 12.7 Å². The maximum atomic E-state index is 3.43. The van der Waals surface area contributed by atoms with Crippen molar-refractivity contribution in [3.05, 3.63) is 12.7 Å². The van der Waals surface area contributed by atoms with Crippen molar-refractivity contribution in [3.8, 4) is 0 Å². The molecule has 0 aromatic carbocycles. The minimum atomic E-state index is 0.889. The Kier molecular flexibility index (Phi) is 2.93. The van der Waals surface area contributed by atoms with Crippen LogP contribution in [0.4, 0.5) is 0 Å². The molecule has 4 heavy (non-hydrogen) atoms. The molecule has 0 saturated heterocycles. The lowest BCUT2D eigenvalue weighted by molar-refractivity contribution is 1.76. The molecule has 1 heteroatoms. The van der Waals surface area contributed by atoms with Crippen molar-refractivity contribution in [1.29, 1.82) is 0 Å². The van der Waals surface area contributed by atoms with Gasteiger partial charge in [0.05, 0.1) is 0 Å². The van der Waals surface area contributed by atoms with E-state index >= 15 is 0 Å². The van der Waals surface area contributed by atoms with Crippen LogP contribution in [0.3, 0.4) is 0 Å². The Labute approximate surface area is 30.0 Å². The summed E-state index contributed by atoms with van der Waals surface area (Å²) in [5, 5.41) is 0. The Balaban J connectivity index is 2.30.